The van der Waals surface area contributed by atoms with E-state index in [1.165, 1.54) is 12.1 Å². The van der Waals surface area contributed by atoms with Crippen molar-refractivity contribution < 1.29 is 9.18 Å². The van der Waals surface area contributed by atoms with Gasteiger partial charge in [-0.1, -0.05) is 26.0 Å². The van der Waals surface area contributed by atoms with E-state index in [1.54, 1.807) is 24.1 Å². The van der Waals surface area contributed by atoms with Gasteiger partial charge in [0.25, 0.3) is 0 Å². The second-order valence-electron chi connectivity index (χ2n) is 4.65. The van der Waals surface area contributed by atoms with E-state index in [2.05, 4.69) is 0 Å². The predicted molar refractivity (Wildman–Crippen MR) is 70.4 cm³/mol. The Hall–Kier alpha value is -1.42. The van der Waals surface area contributed by atoms with Crippen molar-refractivity contribution in [1.29, 1.82) is 0 Å². The minimum absolute atomic E-state index is 0.100. The first kappa shape index (κ1) is 14.6. The number of halogens is 1. The van der Waals surface area contributed by atoms with E-state index in [1.807, 2.05) is 13.8 Å². The molecule has 0 atom stereocenters. The summed E-state index contributed by atoms with van der Waals surface area (Å²) in [7, 11) is 1.69. The zero-order valence-corrected chi connectivity index (χ0v) is 11.2. The molecule has 0 radical (unpaired) electrons. The van der Waals surface area contributed by atoms with Gasteiger partial charge in [-0.3, -0.25) is 4.79 Å². The number of rotatable bonds is 5. The fourth-order valence-corrected chi connectivity index (χ4v) is 1.91. The smallest absolute Gasteiger partial charge is 0.242 e. The SMILES string of the molecule is CCC(N)(CC)C(=O)N(C)Cc1cccc(F)c1. The molecule has 4 heteroatoms. The van der Waals surface area contributed by atoms with Gasteiger partial charge in [-0.25, -0.2) is 4.39 Å². The quantitative estimate of drug-likeness (QED) is 0.874. The van der Waals surface area contributed by atoms with Gasteiger partial charge in [-0.2, -0.15) is 0 Å². The molecule has 0 saturated heterocycles. The maximum atomic E-state index is 13.1. The van der Waals surface area contributed by atoms with Crippen molar-refractivity contribution in [3.8, 4) is 0 Å². The van der Waals surface area contributed by atoms with Crippen molar-refractivity contribution in [2.24, 2.45) is 5.73 Å². The molecule has 0 aliphatic rings. The van der Waals surface area contributed by atoms with Gasteiger partial charge >= 0.3 is 0 Å². The third-order valence-electron chi connectivity index (χ3n) is 3.34. The lowest BCUT2D eigenvalue weighted by Crippen LogP contribution is -2.53. The number of nitrogens with zero attached hydrogens (tertiary/aromatic N) is 1. The van der Waals surface area contributed by atoms with Crippen molar-refractivity contribution in [3.05, 3.63) is 35.6 Å². The highest BCUT2D eigenvalue weighted by atomic mass is 19.1. The maximum absolute atomic E-state index is 13.1. The Kier molecular flexibility index (Phi) is 4.84. The van der Waals surface area contributed by atoms with Crippen LogP contribution in [0.5, 0.6) is 0 Å². The van der Waals surface area contributed by atoms with Gasteiger partial charge in [0, 0.05) is 13.6 Å². The normalized spacial score (nSPS) is 11.4. The molecule has 0 spiro atoms. The summed E-state index contributed by atoms with van der Waals surface area (Å²) in [4.78, 5) is 13.8. The summed E-state index contributed by atoms with van der Waals surface area (Å²) >= 11 is 0. The Bertz CT molecular complexity index is 416. The van der Waals surface area contributed by atoms with Crippen molar-refractivity contribution in [1.82, 2.24) is 4.90 Å². The van der Waals surface area contributed by atoms with Crippen LogP contribution in [-0.4, -0.2) is 23.4 Å². The molecular weight excluding hydrogens is 231 g/mol. The highest BCUT2D eigenvalue weighted by Gasteiger charge is 2.32. The second-order valence-corrected chi connectivity index (χ2v) is 4.65. The molecule has 1 aromatic rings. The van der Waals surface area contributed by atoms with Crippen LogP contribution in [0.1, 0.15) is 32.3 Å². The van der Waals surface area contributed by atoms with E-state index >= 15 is 0 Å². The van der Waals surface area contributed by atoms with E-state index in [9.17, 15) is 9.18 Å². The Morgan fingerprint density at radius 2 is 2.00 bits per heavy atom. The molecule has 100 valence electrons. The average molecular weight is 252 g/mol. The summed E-state index contributed by atoms with van der Waals surface area (Å²) in [5.74, 6) is -0.393. The van der Waals surface area contributed by atoms with Gasteiger partial charge in [-0.05, 0) is 30.5 Å². The first-order valence-corrected chi connectivity index (χ1v) is 6.22. The number of carbonyl (C=O) groups excluding carboxylic acids is 1. The zero-order valence-electron chi connectivity index (χ0n) is 11.2. The third kappa shape index (κ3) is 3.29. The van der Waals surface area contributed by atoms with Gasteiger partial charge in [0.2, 0.25) is 5.91 Å². The van der Waals surface area contributed by atoms with Crippen LogP contribution in [0, 0.1) is 5.82 Å². The molecule has 0 saturated carbocycles. The molecule has 2 N–H and O–H groups in total. The van der Waals surface area contributed by atoms with Crippen molar-refractivity contribution in [3.63, 3.8) is 0 Å². The standard InChI is InChI=1S/C14H21FN2O/c1-4-14(16,5-2)13(18)17(3)10-11-7-6-8-12(15)9-11/h6-9H,4-5,10,16H2,1-3H3. The lowest BCUT2D eigenvalue weighted by Gasteiger charge is -2.30. The predicted octanol–water partition coefficient (Wildman–Crippen LogP) is 2.30. The van der Waals surface area contributed by atoms with Crippen molar-refractivity contribution in [2.45, 2.75) is 38.8 Å². The summed E-state index contributed by atoms with van der Waals surface area (Å²) in [5.41, 5.74) is 6.01. The lowest BCUT2D eigenvalue weighted by molar-refractivity contribution is -0.136. The second kappa shape index (κ2) is 5.96. The van der Waals surface area contributed by atoms with E-state index in [0.29, 0.717) is 19.4 Å². The van der Waals surface area contributed by atoms with Crippen LogP contribution < -0.4 is 5.73 Å². The molecule has 0 bridgehead atoms. The number of carbonyl (C=O) groups is 1. The monoisotopic (exact) mass is 252 g/mol. The summed E-state index contributed by atoms with van der Waals surface area (Å²) < 4.78 is 13.1. The lowest BCUT2D eigenvalue weighted by atomic mass is 9.92. The van der Waals surface area contributed by atoms with Gasteiger partial charge in [0.05, 0.1) is 5.54 Å². The van der Waals surface area contributed by atoms with E-state index in [-0.39, 0.29) is 11.7 Å². The van der Waals surface area contributed by atoms with Crippen molar-refractivity contribution in [2.75, 3.05) is 7.05 Å². The van der Waals surface area contributed by atoms with Crippen molar-refractivity contribution >= 4 is 5.91 Å². The van der Waals surface area contributed by atoms with E-state index in [4.69, 9.17) is 5.73 Å². The molecule has 1 amide bonds. The van der Waals surface area contributed by atoms with Gasteiger partial charge in [0.1, 0.15) is 5.82 Å². The van der Waals surface area contributed by atoms with Crippen LogP contribution >= 0.6 is 0 Å². The fourth-order valence-electron chi connectivity index (χ4n) is 1.91. The molecule has 1 rings (SSSR count). The molecule has 0 fully saturated rings. The average Bonchev–Trinajstić information content (AvgIpc) is 2.37. The van der Waals surface area contributed by atoms with Crippen LogP contribution in [0.3, 0.4) is 0 Å². The van der Waals surface area contributed by atoms with Crippen LogP contribution in [0.25, 0.3) is 0 Å². The Morgan fingerprint density at radius 3 is 2.50 bits per heavy atom. The van der Waals surface area contributed by atoms with E-state index in [0.717, 1.165) is 5.56 Å². The van der Waals surface area contributed by atoms with Crippen LogP contribution in [0.4, 0.5) is 4.39 Å². The summed E-state index contributed by atoms with van der Waals surface area (Å²) in [5, 5.41) is 0. The largest absolute Gasteiger partial charge is 0.340 e. The first-order chi connectivity index (χ1) is 8.42. The van der Waals surface area contributed by atoms with Crippen LogP contribution in [0.15, 0.2) is 24.3 Å². The molecule has 0 aliphatic heterocycles. The fraction of sp³-hybridized carbons (Fsp3) is 0.500. The van der Waals surface area contributed by atoms with Crippen LogP contribution in [-0.2, 0) is 11.3 Å². The molecule has 0 aromatic heterocycles. The molecular formula is C14H21FN2O. The highest BCUT2D eigenvalue weighted by Crippen LogP contribution is 2.16. The number of amides is 1. The summed E-state index contributed by atoms with van der Waals surface area (Å²) in [6.07, 6.45) is 1.19. The van der Waals surface area contributed by atoms with Crippen LogP contribution in [0.2, 0.25) is 0 Å². The number of benzene rings is 1. The topological polar surface area (TPSA) is 46.3 Å². The van der Waals surface area contributed by atoms with E-state index < -0.39 is 5.54 Å². The number of hydrogen-bond acceptors (Lipinski definition) is 2. The molecule has 0 heterocycles. The molecule has 0 aliphatic carbocycles. The van der Waals surface area contributed by atoms with Gasteiger partial charge in [0.15, 0.2) is 0 Å². The third-order valence-corrected chi connectivity index (χ3v) is 3.34. The number of nitrogens with two attached hydrogens (primary N) is 1. The molecule has 3 nitrogen and oxygen atoms in total. The summed E-state index contributed by atoms with van der Waals surface area (Å²) in [6, 6.07) is 6.25. The number of likely N-dealkylation sites (N-methyl/N-ethyl adjacent to an activating group) is 1. The minimum Gasteiger partial charge on any atom is -0.340 e. The Morgan fingerprint density at radius 1 is 1.39 bits per heavy atom. The first-order valence-electron chi connectivity index (χ1n) is 6.22. The number of hydrogen-bond donors (Lipinski definition) is 1. The Labute approximate surface area is 108 Å². The summed E-state index contributed by atoms with van der Waals surface area (Å²) in [6.45, 7) is 4.17. The zero-order chi connectivity index (χ0) is 13.8. The molecule has 18 heavy (non-hydrogen) atoms. The minimum atomic E-state index is -0.817. The Balaban J connectivity index is 2.77. The molecule has 1 aromatic carbocycles. The molecule has 0 unspecified atom stereocenters. The highest BCUT2D eigenvalue weighted by molar-refractivity contribution is 5.85. The maximum Gasteiger partial charge on any atom is 0.242 e. The van der Waals surface area contributed by atoms with Gasteiger partial charge < -0.3 is 10.6 Å². The van der Waals surface area contributed by atoms with Gasteiger partial charge in [-0.15, -0.1) is 0 Å².